The molecule has 16 heavy (non-hydrogen) atoms. The largest absolute Gasteiger partial charge is 0.497 e. The molecule has 0 bridgehead atoms. The highest BCUT2D eigenvalue weighted by Crippen LogP contribution is 2.15. The Morgan fingerprint density at radius 2 is 1.81 bits per heavy atom. The van der Waals surface area contributed by atoms with Crippen LogP contribution in [0.2, 0.25) is 0 Å². The van der Waals surface area contributed by atoms with Gasteiger partial charge in [-0.1, -0.05) is 6.42 Å². The van der Waals surface area contributed by atoms with E-state index >= 15 is 0 Å². The van der Waals surface area contributed by atoms with Crippen molar-refractivity contribution in [3.05, 3.63) is 29.8 Å². The van der Waals surface area contributed by atoms with Gasteiger partial charge in [-0.25, -0.2) is 0 Å². The lowest BCUT2D eigenvalue weighted by atomic mass is 9.95. The van der Waals surface area contributed by atoms with Crippen LogP contribution in [0.5, 0.6) is 5.75 Å². The lowest BCUT2D eigenvalue weighted by Gasteiger charge is -2.19. The maximum absolute atomic E-state index is 5.15. The number of hydrogen-bond acceptors (Lipinski definition) is 1. The second-order valence-electron chi connectivity index (χ2n) is 4.69. The van der Waals surface area contributed by atoms with Crippen LogP contribution in [-0.2, 0) is 6.54 Å². The summed E-state index contributed by atoms with van der Waals surface area (Å²) in [5, 5.41) is 2.50. The van der Waals surface area contributed by atoms with Crippen LogP contribution in [0.15, 0.2) is 24.3 Å². The number of hydrogen-bond donors (Lipinski definition) is 1. The molecule has 1 aliphatic carbocycles. The molecule has 1 aromatic carbocycles. The van der Waals surface area contributed by atoms with Crippen LogP contribution in [0.3, 0.4) is 0 Å². The molecule has 0 saturated heterocycles. The van der Waals surface area contributed by atoms with Crippen LogP contribution in [0.4, 0.5) is 0 Å². The number of quaternary nitrogens is 1. The summed E-state index contributed by atoms with van der Waals surface area (Å²) in [6.07, 6.45) is 7.08. The molecule has 0 radical (unpaired) electrons. The van der Waals surface area contributed by atoms with Crippen molar-refractivity contribution in [1.29, 1.82) is 0 Å². The van der Waals surface area contributed by atoms with Crippen molar-refractivity contribution in [3.8, 4) is 5.75 Å². The number of methoxy groups -OCH3 is 1. The van der Waals surface area contributed by atoms with E-state index in [-0.39, 0.29) is 0 Å². The summed E-state index contributed by atoms with van der Waals surface area (Å²) in [5.41, 5.74) is 1.39. The van der Waals surface area contributed by atoms with E-state index in [0.29, 0.717) is 0 Å². The molecule has 0 unspecified atom stereocenters. The van der Waals surface area contributed by atoms with Gasteiger partial charge in [0.05, 0.1) is 13.2 Å². The third-order valence-corrected chi connectivity index (χ3v) is 3.50. The van der Waals surface area contributed by atoms with E-state index in [1.54, 1.807) is 7.11 Å². The predicted molar refractivity (Wildman–Crippen MR) is 65.5 cm³/mol. The van der Waals surface area contributed by atoms with E-state index in [4.69, 9.17) is 4.74 Å². The highest BCUT2D eigenvalue weighted by Gasteiger charge is 2.15. The molecule has 0 amide bonds. The Kier molecular flexibility index (Phi) is 4.23. The van der Waals surface area contributed by atoms with Crippen molar-refractivity contribution in [1.82, 2.24) is 0 Å². The highest BCUT2D eigenvalue weighted by atomic mass is 16.5. The third-order valence-electron chi connectivity index (χ3n) is 3.50. The standard InChI is InChI=1S/C14H21NO/c1-16-14-9-7-12(8-10-14)11-15-13-5-3-2-4-6-13/h7-10,13,15H,2-6,11H2,1H3/p+1. The summed E-state index contributed by atoms with van der Waals surface area (Å²) in [7, 11) is 1.71. The van der Waals surface area contributed by atoms with Crippen molar-refractivity contribution in [3.63, 3.8) is 0 Å². The molecule has 0 spiro atoms. The van der Waals surface area contributed by atoms with Crippen molar-refractivity contribution >= 4 is 0 Å². The molecule has 1 saturated carbocycles. The average Bonchev–Trinajstić information content (AvgIpc) is 2.38. The van der Waals surface area contributed by atoms with E-state index < -0.39 is 0 Å². The number of nitrogens with two attached hydrogens (primary N) is 1. The van der Waals surface area contributed by atoms with Gasteiger partial charge in [0.25, 0.3) is 0 Å². The Bertz CT molecular complexity index is 301. The first kappa shape index (κ1) is 11.5. The first-order chi connectivity index (χ1) is 7.88. The van der Waals surface area contributed by atoms with Crippen molar-refractivity contribution < 1.29 is 10.1 Å². The molecular formula is C14H22NO+. The minimum absolute atomic E-state index is 0.857. The van der Waals surface area contributed by atoms with Gasteiger partial charge in [-0.2, -0.15) is 0 Å². The van der Waals surface area contributed by atoms with Gasteiger partial charge in [0.2, 0.25) is 0 Å². The lowest BCUT2D eigenvalue weighted by molar-refractivity contribution is -0.706. The van der Waals surface area contributed by atoms with Crippen molar-refractivity contribution in [2.24, 2.45) is 0 Å². The van der Waals surface area contributed by atoms with Crippen LogP contribution in [0.1, 0.15) is 37.7 Å². The molecule has 0 aromatic heterocycles. The van der Waals surface area contributed by atoms with Gasteiger partial charge in [0.1, 0.15) is 12.3 Å². The van der Waals surface area contributed by atoms with E-state index in [1.807, 2.05) is 12.1 Å². The molecule has 2 nitrogen and oxygen atoms in total. The topological polar surface area (TPSA) is 25.8 Å². The molecule has 2 heteroatoms. The first-order valence-corrected chi connectivity index (χ1v) is 6.35. The van der Waals surface area contributed by atoms with Gasteiger partial charge in [-0.05, 0) is 49.9 Å². The summed E-state index contributed by atoms with van der Waals surface area (Å²) in [5.74, 6) is 0.946. The predicted octanol–water partition coefficient (Wildman–Crippen LogP) is 2.09. The summed E-state index contributed by atoms with van der Waals surface area (Å²) >= 11 is 0. The molecular weight excluding hydrogens is 198 g/mol. The Morgan fingerprint density at radius 1 is 1.12 bits per heavy atom. The number of rotatable bonds is 4. The molecule has 0 atom stereocenters. The average molecular weight is 220 g/mol. The highest BCUT2D eigenvalue weighted by molar-refractivity contribution is 5.26. The van der Waals surface area contributed by atoms with Gasteiger partial charge in [0, 0.05) is 5.56 Å². The Balaban J connectivity index is 1.79. The molecule has 2 N–H and O–H groups in total. The van der Waals surface area contributed by atoms with Gasteiger partial charge in [-0.3, -0.25) is 0 Å². The lowest BCUT2D eigenvalue weighted by Crippen LogP contribution is -2.88. The van der Waals surface area contributed by atoms with Gasteiger partial charge in [0.15, 0.2) is 0 Å². The molecule has 1 aliphatic rings. The Labute approximate surface area is 98.0 Å². The fourth-order valence-electron chi connectivity index (χ4n) is 2.43. The molecule has 1 fully saturated rings. The summed E-state index contributed by atoms with van der Waals surface area (Å²) in [6.45, 7) is 1.11. The SMILES string of the molecule is COc1ccc(C[NH2+]C2CCCCC2)cc1. The molecule has 2 rings (SSSR count). The smallest absolute Gasteiger partial charge is 0.118 e. The second-order valence-corrected chi connectivity index (χ2v) is 4.69. The molecule has 88 valence electrons. The maximum Gasteiger partial charge on any atom is 0.118 e. The quantitative estimate of drug-likeness (QED) is 0.826. The normalized spacial score (nSPS) is 17.3. The van der Waals surface area contributed by atoms with Crippen LogP contribution >= 0.6 is 0 Å². The molecule has 0 aliphatic heterocycles. The first-order valence-electron chi connectivity index (χ1n) is 6.35. The Morgan fingerprint density at radius 3 is 2.44 bits per heavy atom. The maximum atomic E-state index is 5.15. The van der Waals surface area contributed by atoms with E-state index in [0.717, 1.165) is 18.3 Å². The zero-order chi connectivity index (χ0) is 11.2. The van der Waals surface area contributed by atoms with Crippen LogP contribution in [-0.4, -0.2) is 13.2 Å². The minimum atomic E-state index is 0.857. The fourth-order valence-corrected chi connectivity index (χ4v) is 2.43. The summed E-state index contributed by atoms with van der Waals surface area (Å²) in [6, 6.07) is 9.28. The fraction of sp³-hybridized carbons (Fsp3) is 0.571. The van der Waals surface area contributed by atoms with Gasteiger partial charge in [-0.15, -0.1) is 0 Å². The van der Waals surface area contributed by atoms with E-state index in [9.17, 15) is 0 Å². The summed E-state index contributed by atoms with van der Waals surface area (Å²) in [4.78, 5) is 0. The monoisotopic (exact) mass is 220 g/mol. The van der Waals surface area contributed by atoms with E-state index in [1.165, 1.54) is 37.7 Å². The van der Waals surface area contributed by atoms with Crippen molar-refractivity contribution in [2.75, 3.05) is 7.11 Å². The third kappa shape index (κ3) is 3.24. The minimum Gasteiger partial charge on any atom is -0.497 e. The Hall–Kier alpha value is -1.02. The van der Waals surface area contributed by atoms with Gasteiger partial charge < -0.3 is 10.1 Å². The zero-order valence-corrected chi connectivity index (χ0v) is 10.1. The van der Waals surface area contributed by atoms with Crippen LogP contribution in [0, 0.1) is 0 Å². The van der Waals surface area contributed by atoms with Gasteiger partial charge >= 0.3 is 0 Å². The second kappa shape index (κ2) is 5.90. The van der Waals surface area contributed by atoms with E-state index in [2.05, 4.69) is 17.4 Å². The van der Waals surface area contributed by atoms with Crippen molar-refractivity contribution in [2.45, 2.75) is 44.7 Å². The number of ether oxygens (including phenoxy) is 1. The van der Waals surface area contributed by atoms with Crippen LogP contribution < -0.4 is 10.1 Å². The molecule has 0 heterocycles. The number of benzene rings is 1. The summed E-state index contributed by atoms with van der Waals surface area (Å²) < 4.78 is 5.15. The zero-order valence-electron chi connectivity index (χ0n) is 10.1. The van der Waals surface area contributed by atoms with Crippen LogP contribution in [0.25, 0.3) is 0 Å². The molecule has 1 aromatic rings.